The molecule has 4 rings (SSSR count). The fourth-order valence-electron chi connectivity index (χ4n) is 3.07. The van der Waals surface area contributed by atoms with Crippen molar-refractivity contribution in [3.63, 3.8) is 0 Å². The van der Waals surface area contributed by atoms with Gasteiger partial charge in [0.25, 0.3) is 15.9 Å². The molecule has 0 bridgehead atoms. The molecule has 0 saturated carbocycles. The first kappa shape index (κ1) is 19.7. The first-order chi connectivity index (χ1) is 14.0. The van der Waals surface area contributed by atoms with Gasteiger partial charge in [-0.3, -0.25) is 4.79 Å². The third kappa shape index (κ3) is 4.36. The molecule has 1 saturated heterocycles. The summed E-state index contributed by atoms with van der Waals surface area (Å²) in [6, 6.07) is 16.0. The van der Waals surface area contributed by atoms with Crippen molar-refractivity contribution >= 4 is 27.3 Å². The molecule has 7 nitrogen and oxygen atoms in total. The van der Waals surface area contributed by atoms with E-state index in [1.165, 1.54) is 15.6 Å². The Balaban J connectivity index is 1.33. The summed E-state index contributed by atoms with van der Waals surface area (Å²) in [7, 11) is -3.49. The van der Waals surface area contributed by atoms with Gasteiger partial charge in [-0.25, -0.2) is 8.42 Å². The number of para-hydroxylation sites is 1. The first-order valence-electron chi connectivity index (χ1n) is 9.13. The van der Waals surface area contributed by atoms with Crippen molar-refractivity contribution in [2.75, 3.05) is 26.2 Å². The van der Waals surface area contributed by atoms with Crippen LogP contribution in [0.3, 0.4) is 0 Å². The molecule has 0 aliphatic carbocycles. The van der Waals surface area contributed by atoms with Gasteiger partial charge in [0, 0.05) is 26.2 Å². The average molecular weight is 433 g/mol. The van der Waals surface area contributed by atoms with E-state index in [0.717, 1.165) is 5.75 Å². The number of thiophene rings is 1. The minimum Gasteiger partial charge on any atom is -0.486 e. The molecule has 3 heterocycles. The molecule has 1 aliphatic heterocycles. The second-order valence-electron chi connectivity index (χ2n) is 6.50. The maximum atomic E-state index is 12.7. The molecular weight excluding hydrogens is 412 g/mol. The first-order valence-corrected chi connectivity index (χ1v) is 11.5. The highest BCUT2D eigenvalue weighted by Gasteiger charge is 2.31. The number of benzene rings is 1. The van der Waals surface area contributed by atoms with Crippen molar-refractivity contribution in [1.82, 2.24) is 9.21 Å². The van der Waals surface area contributed by atoms with E-state index in [2.05, 4.69) is 0 Å². The number of furan rings is 1. The Bertz CT molecular complexity index is 1050. The standard InChI is InChI=1S/C20H20N2O5S2/c23-20(18-9-8-17(27-18)15-26-16-5-2-1-3-6-16)21-10-12-22(13-11-21)29(24,25)19-7-4-14-28-19/h1-9,14H,10-13,15H2. The summed E-state index contributed by atoms with van der Waals surface area (Å²) >= 11 is 1.20. The van der Waals surface area contributed by atoms with E-state index in [1.54, 1.807) is 34.5 Å². The van der Waals surface area contributed by atoms with Gasteiger partial charge < -0.3 is 14.1 Å². The van der Waals surface area contributed by atoms with Gasteiger partial charge in [-0.15, -0.1) is 11.3 Å². The van der Waals surface area contributed by atoms with Crippen molar-refractivity contribution in [2.45, 2.75) is 10.8 Å². The Morgan fingerprint density at radius 2 is 1.76 bits per heavy atom. The molecule has 9 heteroatoms. The van der Waals surface area contributed by atoms with Crippen LogP contribution in [-0.4, -0.2) is 49.7 Å². The zero-order chi connectivity index (χ0) is 20.3. The minimum absolute atomic E-state index is 0.226. The van der Waals surface area contributed by atoms with E-state index in [9.17, 15) is 13.2 Å². The summed E-state index contributed by atoms with van der Waals surface area (Å²) in [6.45, 7) is 1.39. The minimum atomic E-state index is -3.49. The van der Waals surface area contributed by atoms with Crippen LogP contribution in [0.25, 0.3) is 0 Å². The molecule has 0 unspecified atom stereocenters. The highest BCUT2D eigenvalue weighted by atomic mass is 32.2. The number of amides is 1. The van der Waals surface area contributed by atoms with Crippen LogP contribution in [0.2, 0.25) is 0 Å². The van der Waals surface area contributed by atoms with Crippen molar-refractivity contribution in [3.8, 4) is 5.75 Å². The average Bonchev–Trinajstić information content (AvgIpc) is 3.45. The fraction of sp³-hybridized carbons (Fsp3) is 0.250. The van der Waals surface area contributed by atoms with Gasteiger partial charge in [0.05, 0.1) is 0 Å². The van der Waals surface area contributed by atoms with Gasteiger partial charge in [-0.1, -0.05) is 24.3 Å². The second-order valence-corrected chi connectivity index (χ2v) is 9.61. The van der Waals surface area contributed by atoms with E-state index in [4.69, 9.17) is 9.15 Å². The molecule has 1 aromatic carbocycles. The molecule has 2 aromatic heterocycles. The Hall–Kier alpha value is -2.62. The molecule has 0 N–H and O–H groups in total. The Morgan fingerprint density at radius 1 is 1.00 bits per heavy atom. The number of piperazine rings is 1. The molecule has 0 atom stereocenters. The quantitative estimate of drug-likeness (QED) is 0.598. The van der Waals surface area contributed by atoms with Crippen LogP contribution in [0.1, 0.15) is 16.3 Å². The third-order valence-corrected chi connectivity index (χ3v) is 7.88. The summed E-state index contributed by atoms with van der Waals surface area (Å²) < 4.78 is 38.2. The number of ether oxygens (including phenoxy) is 1. The highest BCUT2D eigenvalue weighted by Crippen LogP contribution is 2.23. The molecule has 1 amide bonds. The SMILES string of the molecule is O=C(c1ccc(COc2ccccc2)o1)N1CCN(S(=O)(=O)c2cccs2)CC1. The number of carbonyl (C=O) groups excluding carboxylic acids is 1. The van der Waals surface area contributed by atoms with Gasteiger partial charge in [-0.05, 0) is 35.7 Å². The zero-order valence-electron chi connectivity index (χ0n) is 15.6. The van der Waals surface area contributed by atoms with E-state index in [0.29, 0.717) is 23.1 Å². The van der Waals surface area contributed by atoms with Crippen LogP contribution in [0.5, 0.6) is 5.75 Å². The van der Waals surface area contributed by atoms with E-state index in [1.807, 2.05) is 30.3 Å². The maximum Gasteiger partial charge on any atom is 0.289 e. The van der Waals surface area contributed by atoms with Crippen LogP contribution in [-0.2, 0) is 16.6 Å². The molecule has 0 spiro atoms. The molecule has 3 aromatic rings. The fourth-order valence-corrected chi connectivity index (χ4v) is 5.63. The Morgan fingerprint density at radius 3 is 2.45 bits per heavy atom. The number of rotatable bonds is 6. The van der Waals surface area contributed by atoms with Gasteiger partial charge in [-0.2, -0.15) is 4.31 Å². The second kappa shape index (κ2) is 8.40. The lowest BCUT2D eigenvalue weighted by molar-refractivity contribution is 0.0662. The summed E-state index contributed by atoms with van der Waals surface area (Å²) in [5.41, 5.74) is 0. The summed E-state index contributed by atoms with van der Waals surface area (Å²) in [5.74, 6) is 1.26. The van der Waals surface area contributed by atoms with Crippen LogP contribution in [0.15, 0.2) is 68.6 Å². The Kier molecular flexibility index (Phi) is 5.70. The van der Waals surface area contributed by atoms with Crippen molar-refractivity contribution in [1.29, 1.82) is 0 Å². The maximum absolute atomic E-state index is 12.7. The number of carbonyl (C=O) groups is 1. The van der Waals surface area contributed by atoms with Crippen molar-refractivity contribution < 1.29 is 22.4 Å². The summed E-state index contributed by atoms with van der Waals surface area (Å²) in [5, 5.41) is 1.74. The largest absolute Gasteiger partial charge is 0.486 e. The van der Waals surface area contributed by atoms with E-state index in [-0.39, 0.29) is 31.4 Å². The molecule has 1 aliphatic rings. The van der Waals surface area contributed by atoms with Gasteiger partial charge in [0.2, 0.25) is 0 Å². The number of hydrogen-bond acceptors (Lipinski definition) is 6. The lowest BCUT2D eigenvalue weighted by Crippen LogP contribution is -2.50. The topological polar surface area (TPSA) is 80.1 Å². The number of sulfonamides is 1. The molecule has 0 radical (unpaired) electrons. The van der Waals surface area contributed by atoms with Crippen molar-refractivity contribution in [3.05, 3.63) is 71.5 Å². The zero-order valence-corrected chi connectivity index (χ0v) is 17.2. The van der Waals surface area contributed by atoms with Crippen LogP contribution in [0.4, 0.5) is 0 Å². The van der Waals surface area contributed by atoms with Crippen LogP contribution in [0, 0.1) is 0 Å². The molecule has 152 valence electrons. The molecule has 1 fully saturated rings. The molecular formula is C20H20N2O5S2. The smallest absolute Gasteiger partial charge is 0.289 e. The number of nitrogens with zero attached hydrogens (tertiary/aromatic N) is 2. The third-order valence-electron chi connectivity index (χ3n) is 4.61. The van der Waals surface area contributed by atoms with Gasteiger partial charge >= 0.3 is 0 Å². The van der Waals surface area contributed by atoms with E-state index >= 15 is 0 Å². The van der Waals surface area contributed by atoms with Crippen LogP contribution < -0.4 is 4.74 Å². The summed E-state index contributed by atoms with van der Waals surface area (Å²) in [6.07, 6.45) is 0. The predicted octanol–water partition coefficient (Wildman–Crippen LogP) is 3.07. The number of hydrogen-bond donors (Lipinski definition) is 0. The lowest BCUT2D eigenvalue weighted by atomic mass is 10.3. The Labute approximate surface area is 173 Å². The lowest BCUT2D eigenvalue weighted by Gasteiger charge is -2.33. The monoisotopic (exact) mass is 432 g/mol. The predicted molar refractivity (Wildman–Crippen MR) is 108 cm³/mol. The molecule has 29 heavy (non-hydrogen) atoms. The van der Waals surface area contributed by atoms with Crippen LogP contribution >= 0.6 is 11.3 Å². The highest BCUT2D eigenvalue weighted by molar-refractivity contribution is 7.91. The summed E-state index contributed by atoms with van der Waals surface area (Å²) in [4.78, 5) is 14.3. The normalized spacial score (nSPS) is 15.4. The van der Waals surface area contributed by atoms with E-state index < -0.39 is 10.0 Å². The van der Waals surface area contributed by atoms with Crippen molar-refractivity contribution in [2.24, 2.45) is 0 Å². The van der Waals surface area contributed by atoms with Gasteiger partial charge in [0.15, 0.2) is 5.76 Å². The van der Waals surface area contributed by atoms with Gasteiger partial charge in [0.1, 0.15) is 22.3 Å².